The Morgan fingerprint density at radius 1 is 0.778 bits per heavy atom. The van der Waals surface area contributed by atoms with Crippen LogP contribution in [0.1, 0.15) is 22.0 Å². The SMILES string of the molecule is O=C(O[C@@H](C(=O)Nc1ccc(F)cc1)c1ccccc1)c1ccc(F)cc1. The average Bonchev–Trinajstić information content (AvgIpc) is 2.69. The predicted molar refractivity (Wildman–Crippen MR) is 96.0 cm³/mol. The van der Waals surface area contributed by atoms with E-state index >= 15 is 0 Å². The molecule has 0 bridgehead atoms. The lowest BCUT2D eigenvalue weighted by molar-refractivity contribution is -0.125. The number of amides is 1. The third kappa shape index (κ3) is 4.76. The summed E-state index contributed by atoms with van der Waals surface area (Å²) in [6, 6.07) is 18.5. The fourth-order valence-electron chi connectivity index (χ4n) is 2.40. The van der Waals surface area contributed by atoms with E-state index in [9.17, 15) is 18.4 Å². The van der Waals surface area contributed by atoms with Crippen LogP contribution in [0.4, 0.5) is 14.5 Å². The van der Waals surface area contributed by atoms with Crippen LogP contribution in [-0.4, -0.2) is 11.9 Å². The van der Waals surface area contributed by atoms with Crippen molar-refractivity contribution in [1.82, 2.24) is 0 Å². The van der Waals surface area contributed by atoms with Crippen LogP contribution < -0.4 is 5.32 Å². The highest BCUT2D eigenvalue weighted by atomic mass is 19.1. The second-order valence-corrected chi connectivity index (χ2v) is 5.70. The third-order valence-corrected chi connectivity index (χ3v) is 3.76. The lowest BCUT2D eigenvalue weighted by Gasteiger charge is -2.18. The van der Waals surface area contributed by atoms with Gasteiger partial charge in [-0.25, -0.2) is 13.6 Å². The Labute approximate surface area is 154 Å². The fourth-order valence-corrected chi connectivity index (χ4v) is 2.40. The van der Waals surface area contributed by atoms with E-state index < -0.39 is 29.6 Å². The minimum atomic E-state index is -1.23. The van der Waals surface area contributed by atoms with E-state index in [4.69, 9.17) is 4.74 Å². The Bertz CT molecular complexity index is 926. The summed E-state index contributed by atoms with van der Waals surface area (Å²) >= 11 is 0. The van der Waals surface area contributed by atoms with E-state index in [-0.39, 0.29) is 5.56 Å². The molecule has 0 aliphatic carbocycles. The molecule has 1 amide bonds. The number of rotatable bonds is 5. The van der Waals surface area contributed by atoms with Gasteiger partial charge in [-0.3, -0.25) is 4.79 Å². The summed E-state index contributed by atoms with van der Waals surface area (Å²) in [6.45, 7) is 0. The molecule has 0 radical (unpaired) electrons. The summed E-state index contributed by atoms with van der Waals surface area (Å²) in [6.07, 6.45) is -1.23. The molecule has 3 aromatic rings. The van der Waals surface area contributed by atoms with Crippen LogP contribution in [0.15, 0.2) is 78.9 Å². The van der Waals surface area contributed by atoms with Gasteiger partial charge in [0.1, 0.15) is 11.6 Å². The van der Waals surface area contributed by atoms with Crippen molar-refractivity contribution in [2.45, 2.75) is 6.10 Å². The monoisotopic (exact) mass is 367 g/mol. The van der Waals surface area contributed by atoms with Crippen LogP contribution in [0.25, 0.3) is 0 Å². The molecule has 0 unspecified atom stereocenters. The van der Waals surface area contributed by atoms with Crippen molar-refractivity contribution >= 4 is 17.6 Å². The molecular formula is C21H15F2NO3. The topological polar surface area (TPSA) is 55.4 Å². The van der Waals surface area contributed by atoms with Crippen molar-refractivity contribution in [2.75, 3.05) is 5.32 Å². The molecule has 6 heteroatoms. The second-order valence-electron chi connectivity index (χ2n) is 5.70. The number of carbonyl (C=O) groups is 2. The van der Waals surface area contributed by atoms with Crippen molar-refractivity contribution in [1.29, 1.82) is 0 Å². The first-order valence-corrected chi connectivity index (χ1v) is 8.11. The fraction of sp³-hybridized carbons (Fsp3) is 0.0476. The van der Waals surface area contributed by atoms with Gasteiger partial charge in [-0.1, -0.05) is 30.3 Å². The maximum Gasteiger partial charge on any atom is 0.339 e. The zero-order valence-electron chi connectivity index (χ0n) is 14.1. The van der Waals surface area contributed by atoms with Gasteiger partial charge in [-0.2, -0.15) is 0 Å². The van der Waals surface area contributed by atoms with E-state index in [1.54, 1.807) is 30.3 Å². The first kappa shape index (κ1) is 18.3. The van der Waals surface area contributed by atoms with Gasteiger partial charge >= 0.3 is 5.97 Å². The molecule has 0 spiro atoms. The Morgan fingerprint density at radius 2 is 1.33 bits per heavy atom. The maximum absolute atomic E-state index is 13.0. The Hall–Kier alpha value is -3.54. The Morgan fingerprint density at radius 3 is 1.93 bits per heavy atom. The largest absolute Gasteiger partial charge is 0.444 e. The van der Waals surface area contributed by atoms with Gasteiger partial charge in [0, 0.05) is 11.3 Å². The molecule has 4 nitrogen and oxygen atoms in total. The highest BCUT2D eigenvalue weighted by molar-refractivity contribution is 5.98. The van der Waals surface area contributed by atoms with E-state index in [0.717, 1.165) is 12.1 Å². The number of carbonyl (C=O) groups excluding carboxylic acids is 2. The Balaban J connectivity index is 1.82. The number of anilines is 1. The molecule has 0 aliphatic rings. The minimum absolute atomic E-state index is 0.118. The van der Waals surface area contributed by atoms with Crippen LogP contribution in [-0.2, 0) is 9.53 Å². The van der Waals surface area contributed by atoms with Crippen LogP contribution in [0.3, 0.4) is 0 Å². The average molecular weight is 367 g/mol. The summed E-state index contributed by atoms with van der Waals surface area (Å²) < 4.78 is 31.4. The molecule has 3 aromatic carbocycles. The maximum atomic E-state index is 13.0. The van der Waals surface area contributed by atoms with E-state index in [1.807, 2.05) is 0 Å². The number of ether oxygens (including phenoxy) is 1. The van der Waals surface area contributed by atoms with Gasteiger partial charge in [0.15, 0.2) is 0 Å². The summed E-state index contributed by atoms with van der Waals surface area (Å²) in [7, 11) is 0. The van der Waals surface area contributed by atoms with Crippen molar-refractivity contribution in [2.24, 2.45) is 0 Å². The normalized spacial score (nSPS) is 11.5. The summed E-state index contributed by atoms with van der Waals surface area (Å²) in [5.74, 6) is -2.28. The van der Waals surface area contributed by atoms with Gasteiger partial charge < -0.3 is 10.1 Å². The molecule has 1 atom stereocenters. The van der Waals surface area contributed by atoms with E-state index in [1.165, 1.54) is 36.4 Å². The smallest absolute Gasteiger partial charge is 0.339 e. The minimum Gasteiger partial charge on any atom is -0.444 e. The van der Waals surface area contributed by atoms with E-state index in [0.29, 0.717) is 11.3 Å². The molecule has 0 saturated heterocycles. The van der Waals surface area contributed by atoms with Gasteiger partial charge in [0.25, 0.3) is 5.91 Å². The molecule has 0 aliphatic heterocycles. The number of hydrogen-bond acceptors (Lipinski definition) is 3. The van der Waals surface area contributed by atoms with Crippen molar-refractivity contribution in [3.63, 3.8) is 0 Å². The second kappa shape index (κ2) is 8.23. The number of halogens is 2. The van der Waals surface area contributed by atoms with Crippen LogP contribution >= 0.6 is 0 Å². The molecule has 0 aromatic heterocycles. The third-order valence-electron chi connectivity index (χ3n) is 3.76. The highest BCUT2D eigenvalue weighted by Gasteiger charge is 2.25. The number of esters is 1. The lowest BCUT2D eigenvalue weighted by Crippen LogP contribution is -2.26. The lowest BCUT2D eigenvalue weighted by atomic mass is 10.1. The van der Waals surface area contributed by atoms with Crippen LogP contribution in [0.2, 0.25) is 0 Å². The highest BCUT2D eigenvalue weighted by Crippen LogP contribution is 2.22. The number of benzene rings is 3. The zero-order chi connectivity index (χ0) is 19.2. The first-order chi connectivity index (χ1) is 13.0. The van der Waals surface area contributed by atoms with E-state index in [2.05, 4.69) is 5.32 Å². The molecule has 0 saturated carbocycles. The van der Waals surface area contributed by atoms with Crippen molar-refractivity contribution in [3.8, 4) is 0 Å². The molecule has 0 heterocycles. The Kier molecular flexibility index (Phi) is 5.56. The number of nitrogens with one attached hydrogen (secondary N) is 1. The predicted octanol–water partition coefficient (Wildman–Crippen LogP) is 4.50. The molecular weight excluding hydrogens is 352 g/mol. The summed E-state index contributed by atoms with van der Waals surface area (Å²) in [5.41, 5.74) is 0.944. The van der Waals surface area contributed by atoms with Crippen LogP contribution in [0.5, 0.6) is 0 Å². The van der Waals surface area contributed by atoms with Crippen molar-refractivity contribution in [3.05, 3.63) is 102 Å². The molecule has 1 N–H and O–H groups in total. The van der Waals surface area contributed by atoms with Gasteiger partial charge in [-0.15, -0.1) is 0 Å². The first-order valence-electron chi connectivity index (χ1n) is 8.11. The van der Waals surface area contributed by atoms with Gasteiger partial charge in [-0.05, 0) is 48.5 Å². The molecule has 27 heavy (non-hydrogen) atoms. The molecule has 3 rings (SSSR count). The summed E-state index contributed by atoms with van der Waals surface area (Å²) in [4.78, 5) is 25.0. The van der Waals surface area contributed by atoms with Gasteiger partial charge in [0.2, 0.25) is 6.10 Å². The van der Waals surface area contributed by atoms with Crippen LogP contribution in [0, 0.1) is 11.6 Å². The summed E-state index contributed by atoms with van der Waals surface area (Å²) in [5, 5.41) is 2.59. The van der Waals surface area contributed by atoms with Crippen molar-refractivity contribution < 1.29 is 23.1 Å². The number of hydrogen-bond donors (Lipinski definition) is 1. The quantitative estimate of drug-likeness (QED) is 0.676. The van der Waals surface area contributed by atoms with Gasteiger partial charge in [0.05, 0.1) is 5.56 Å². The zero-order valence-corrected chi connectivity index (χ0v) is 14.1. The molecule has 0 fully saturated rings. The standard InChI is InChI=1S/C21H15F2NO3/c22-16-8-6-15(7-9-16)21(26)27-19(14-4-2-1-3-5-14)20(25)24-18-12-10-17(23)11-13-18/h1-13,19H,(H,24,25)/t19-/m1/s1. The molecule has 136 valence electrons.